The number of rotatable bonds is 5. The van der Waals surface area contributed by atoms with Crippen LogP contribution in [0.3, 0.4) is 0 Å². The van der Waals surface area contributed by atoms with Crippen molar-refractivity contribution in [3.05, 3.63) is 0 Å². The van der Waals surface area contributed by atoms with E-state index in [4.69, 9.17) is 4.74 Å². The monoisotopic (exact) mass is 197 g/mol. The van der Waals surface area contributed by atoms with Crippen LogP contribution in [0.15, 0.2) is 0 Å². The van der Waals surface area contributed by atoms with Crippen LogP contribution in [0, 0.1) is 5.92 Å². The Morgan fingerprint density at radius 1 is 1.21 bits per heavy atom. The van der Waals surface area contributed by atoms with Gasteiger partial charge in [0.25, 0.3) is 0 Å². The van der Waals surface area contributed by atoms with E-state index in [1.54, 1.807) is 0 Å². The Labute approximate surface area is 87.4 Å². The molecule has 0 spiro atoms. The molecule has 0 heterocycles. The van der Waals surface area contributed by atoms with Crippen molar-refractivity contribution >= 4 is 0 Å². The van der Waals surface area contributed by atoms with E-state index in [1.807, 2.05) is 7.11 Å². The average Bonchev–Trinajstić information content (AvgIpc) is 2.84. The molecule has 0 amide bonds. The third-order valence-corrected chi connectivity index (χ3v) is 4.35. The summed E-state index contributed by atoms with van der Waals surface area (Å²) in [6, 6.07) is 0. The highest BCUT2D eigenvalue weighted by molar-refractivity contribution is 5.06. The fourth-order valence-electron chi connectivity index (χ4n) is 2.45. The Bertz CT molecular complexity index is 197. The van der Waals surface area contributed by atoms with Crippen LogP contribution in [0.1, 0.15) is 46.0 Å². The van der Waals surface area contributed by atoms with Crippen LogP contribution in [-0.4, -0.2) is 24.8 Å². The third kappa shape index (κ3) is 1.70. The molecular weight excluding hydrogens is 174 g/mol. The van der Waals surface area contributed by atoms with E-state index in [2.05, 4.69) is 19.2 Å². The maximum absolute atomic E-state index is 5.61. The molecule has 0 saturated heterocycles. The van der Waals surface area contributed by atoms with Crippen molar-refractivity contribution in [2.24, 2.45) is 5.92 Å². The molecule has 14 heavy (non-hydrogen) atoms. The molecule has 0 aromatic rings. The van der Waals surface area contributed by atoms with Crippen LogP contribution < -0.4 is 5.32 Å². The van der Waals surface area contributed by atoms with E-state index in [-0.39, 0.29) is 5.60 Å². The number of hydrogen-bond acceptors (Lipinski definition) is 2. The summed E-state index contributed by atoms with van der Waals surface area (Å²) < 4.78 is 5.61. The van der Waals surface area contributed by atoms with Gasteiger partial charge < -0.3 is 10.1 Å². The van der Waals surface area contributed by atoms with E-state index in [1.165, 1.54) is 32.1 Å². The molecule has 2 fully saturated rings. The van der Waals surface area contributed by atoms with Gasteiger partial charge in [0.2, 0.25) is 0 Å². The second-order valence-electron chi connectivity index (χ2n) is 5.41. The van der Waals surface area contributed by atoms with Gasteiger partial charge >= 0.3 is 0 Å². The van der Waals surface area contributed by atoms with Crippen molar-refractivity contribution in [2.75, 3.05) is 13.7 Å². The predicted octanol–water partition coefficient (Wildman–Crippen LogP) is 2.33. The zero-order valence-electron chi connectivity index (χ0n) is 9.73. The lowest BCUT2D eigenvalue weighted by Gasteiger charge is -2.42. The summed E-state index contributed by atoms with van der Waals surface area (Å²) in [7, 11) is 1.86. The Morgan fingerprint density at radius 3 is 2.14 bits per heavy atom. The Balaban J connectivity index is 1.82. The van der Waals surface area contributed by atoms with Gasteiger partial charge in [0.05, 0.1) is 5.60 Å². The van der Waals surface area contributed by atoms with Crippen LogP contribution >= 0.6 is 0 Å². The van der Waals surface area contributed by atoms with Crippen LogP contribution in [0.25, 0.3) is 0 Å². The van der Waals surface area contributed by atoms with Crippen LogP contribution in [0.4, 0.5) is 0 Å². The minimum atomic E-state index is 0.185. The molecule has 0 aromatic heterocycles. The van der Waals surface area contributed by atoms with Gasteiger partial charge in [0, 0.05) is 19.2 Å². The molecule has 2 nitrogen and oxygen atoms in total. The maximum atomic E-state index is 5.61. The quantitative estimate of drug-likeness (QED) is 0.730. The maximum Gasteiger partial charge on any atom is 0.0802 e. The van der Waals surface area contributed by atoms with Crippen molar-refractivity contribution in [1.82, 2.24) is 5.32 Å². The molecule has 0 aliphatic heterocycles. The summed E-state index contributed by atoms with van der Waals surface area (Å²) in [6.45, 7) is 5.70. The van der Waals surface area contributed by atoms with Gasteiger partial charge in [-0.25, -0.2) is 0 Å². The van der Waals surface area contributed by atoms with Crippen LogP contribution in [0.2, 0.25) is 0 Å². The van der Waals surface area contributed by atoms with Gasteiger partial charge in [0.15, 0.2) is 0 Å². The van der Waals surface area contributed by atoms with Crippen molar-refractivity contribution in [1.29, 1.82) is 0 Å². The lowest BCUT2D eigenvalue weighted by atomic mass is 9.79. The molecule has 0 unspecified atom stereocenters. The minimum Gasteiger partial charge on any atom is -0.377 e. The number of methoxy groups -OCH3 is 1. The normalized spacial score (nSPS) is 27.4. The van der Waals surface area contributed by atoms with Gasteiger partial charge in [-0.05, 0) is 38.0 Å². The van der Waals surface area contributed by atoms with Crippen LogP contribution in [0.5, 0.6) is 0 Å². The molecule has 2 heteroatoms. The first kappa shape index (κ1) is 10.4. The summed E-state index contributed by atoms with van der Waals surface area (Å²) >= 11 is 0. The van der Waals surface area contributed by atoms with Crippen molar-refractivity contribution in [2.45, 2.75) is 57.1 Å². The zero-order valence-corrected chi connectivity index (χ0v) is 9.73. The molecule has 2 rings (SSSR count). The number of hydrogen-bond donors (Lipinski definition) is 1. The second-order valence-corrected chi connectivity index (χ2v) is 5.41. The molecule has 0 aromatic carbocycles. The summed E-state index contributed by atoms with van der Waals surface area (Å²) in [5.41, 5.74) is 0.644. The second kappa shape index (κ2) is 3.49. The smallest absolute Gasteiger partial charge is 0.0802 e. The third-order valence-electron chi connectivity index (χ3n) is 4.35. The lowest BCUT2D eigenvalue weighted by Crippen LogP contribution is -2.52. The van der Waals surface area contributed by atoms with Crippen molar-refractivity contribution in [3.8, 4) is 0 Å². The first-order valence-electron chi connectivity index (χ1n) is 5.93. The molecule has 0 radical (unpaired) electrons. The molecule has 0 bridgehead atoms. The Hall–Kier alpha value is -0.0800. The van der Waals surface area contributed by atoms with Gasteiger partial charge in [-0.2, -0.15) is 0 Å². The molecule has 1 N–H and O–H groups in total. The van der Waals surface area contributed by atoms with E-state index < -0.39 is 0 Å². The summed E-state index contributed by atoms with van der Waals surface area (Å²) in [5, 5.41) is 3.74. The topological polar surface area (TPSA) is 21.3 Å². The summed E-state index contributed by atoms with van der Waals surface area (Å²) in [6.07, 6.45) is 6.52. The van der Waals surface area contributed by atoms with Crippen molar-refractivity contribution in [3.63, 3.8) is 0 Å². The Morgan fingerprint density at radius 2 is 1.86 bits per heavy atom. The number of nitrogens with one attached hydrogen (secondary N) is 1. The fraction of sp³-hybridized carbons (Fsp3) is 1.00. The zero-order chi connectivity index (χ0) is 10.2. The molecule has 2 aliphatic rings. The highest BCUT2D eigenvalue weighted by Gasteiger charge is 2.47. The van der Waals surface area contributed by atoms with E-state index in [0.717, 1.165) is 12.5 Å². The Kier molecular flexibility index (Phi) is 2.61. The molecule has 82 valence electrons. The minimum absolute atomic E-state index is 0.185. The first-order valence-corrected chi connectivity index (χ1v) is 5.93. The molecule has 2 aliphatic carbocycles. The molecule has 2 saturated carbocycles. The fourth-order valence-corrected chi connectivity index (χ4v) is 2.45. The number of ether oxygens (including phenoxy) is 1. The van der Waals surface area contributed by atoms with Crippen molar-refractivity contribution < 1.29 is 4.74 Å². The van der Waals surface area contributed by atoms with E-state index in [9.17, 15) is 0 Å². The largest absolute Gasteiger partial charge is 0.377 e. The van der Waals surface area contributed by atoms with Gasteiger partial charge in [-0.15, -0.1) is 0 Å². The first-order chi connectivity index (χ1) is 6.63. The summed E-state index contributed by atoms with van der Waals surface area (Å²) in [5.74, 6) is 0.761. The van der Waals surface area contributed by atoms with Gasteiger partial charge in [0.1, 0.15) is 0 Å². The highest BCUT2D eigenvalue weighted by atomic mass is 16.5. The molecular formula is C12H23NO. The highest BCUT2D eigenvalue weighted by Crippen LogP contribution is 2.43. The van der Waals surface area contributed by atoms with Crippen LogP contribution in [-0.2, 0) is 4.74 Å². The van der Waals surface area contributed by atoms with E-state index >= 15 is 0 Å². The van der Waals surface area contributed by atoms with Gasteiger partial charge in [-0.3, -0.25) is 0 Å². The molecule has 0 atom stereocenters. The predicted molar refractivity (Wildman–Crippen MR) is 58.4 cm³/mol. The van der Waals surface area contributed by atoms with E-state index in [0.29, 0.717) is 5.54 Å². The summed E-state index contributed by atoms with van der Waals surface area (Å²) in [4.78, 5) is 0. The average molecular weight is 197 g/mol. The standard InChI is InChI=1S/C12H23NO/c1-10(2)12(7-8-12)13-9-11(14-3)5-4-6-11/h10,13H,4-9H2,1-3H3. The van der Waals surface area contributed by atoms with Gasteiger partial charge in [-0.1, -0.05) is 13.8 Å². The lowest BCUT2D eigenvalue weighted by molar-refractivity contribution is -0.0722. The SMILES string of the molecule is COC1(CNC2(C(C)C)CC2)CCC1.